The molecule has 230 valence electrons. The predicted octanol–water partition coefficient (Wildman–Crippen LogP) is 6.62. The number of allylic oxidation sites excluding steroid dienone is 2. The number of fused-ring (bicyclic) bond motifs is 7. The summed E-state index contributed by atoms with van der Waals surface area (Å²) in [5.41, 5.74) is -0.0184. The number of carbonyl (C=O) groups is 3. The van der Waals surface area contributed by atoms with Crippen LogP contribution >= 0.6 is 0 Å². The molecule has 7 nitrogen and oxygen atoms in total. The fraction of sp³-hybridized carbons (Fsp3) is 0.853. The molecule has 0 aromatic heterocycles. The van der Waals surface area contributed by atoms with Crippen molar-refractivity contribution >= 4 is 17.9 Å². The molecule has 0 unspecified atom stereocenters. The number of carbonyl (C=O) groups excluding carboxylic acids is 1. The molecule has 5 aliphatic rings. The molecule has 0 amide bonds. The minimum absolute atomic E-state index is 0.0508. The average Bonchev–Trinajstić information content (AvgIpc) is 2.86. The second-order valence-electron chi connectivity index (χ2n) is 16.6. The maximum absolute atomic E-state index is 12.9. The molecule has 7 heteroatoms. The zero-order chi connectivity index (χ0) is 30.4. The first-order valence-electron chi connectivity index (χ1n) is 15.9. The molecule has 0 aromatic carbocycles. The van der Waals surface area contributed by atoms with Crippen LogP contribution in [0.5, 0.6) is 0 Å². The van der Waals surface area contributed by atoms with E-state index in [-0.39, 0.29) is 46.3 Å². The van der Waals surface area contributed by atoms with Gasteiger partial charge in [0.2, 0.25) is 0 Å². The van der Waals surface area contributed by atoms with Crippen molar-refractivity contribution < 1.29 is 34.4 Å². The second kappa shape index (κ2) is 9.56. The molecule has 4 fully saturated rings. The van der Waals surface area contributed by atoms with Crippen LogP contribution in [0.3, 0.4) is 0 Å². The standard InChI is InChI=1S/C34H52O7/c1-29(2)14-16-34(28(39)40)17-15-32(6)20(21(34)18-29)8-9-24-31(5)19-22(41-26(37)11-10-25(35)36)27(38)30(3,4)23(31)12-13-33(24,32)7/h8,21-24,27,38H,9-19H2,1-7H3,(H,35,36)(H,39,40)/t21-,22+,23-,24+,27-,31-,32+,33+,34-/m0/s1. The van der Waals surface area contributed by atoms with E-state index in [4.69, 9.17) is 9.84 Å². The van der Waals surface area contributed by atoms with Crippen LogP contribution < -0.4 is 0 Å². The fourth-order valence-electron chi connectivity index (χ4n) is 11.3. The van der Waals surface area contributed by atoms with Crippen molar-refractivity contribution in [3.63, 3.8) is 0 Å². The Balaban J connectivity index is 1.52. The van der Waals surface area contributed by atoms with Gasteiger partial charge in [-0.25, -0.2) is 0 Å². The number of hydrogen-bond donors (Lipinski definition) is 3. The van der Waals surface area contributed by atoms with Gasteiger partial charge in [0.1, 0.15) is 6.10 Å². The van der Waals surface area contributed by atoms with E-state index in [0.717, 1.165) is 44.9 Å². The van der Waals surface area contributed by atoms with Crippen molar-refractivity contribution in [3.8, 4) is 0 Å². The van der Waals surface area contributed by atoms with Gasteiger partial charge in [0, 0.05) is 0 Å². The molecule has 9 atom stereocenters. The maximum atomic E-state index is 12.9. The Hall–Kier alpha value is -1.89. The fourth-order valence-corrected chi connectivity index (χ4v) is 11.3. The van der Waals surface area contributed by atoms with Crippen molar-refractivity contribution in [1.82, 2.24) is 0 Å². The highest BCUT2D eigenvalue weighted by Crippen LogP contribution is 2.75. The van der Waals surface area contributed by atoms with Crippen LogP contribution in [-0.2, 0) is 19.1 Å². The highest BCUT2D eigenvalue weighted by atomic mass is 16.6. The lowest BCUT2D eigenvalue weighted by molar-refractivity contribution is -0.238. The van der Waals surface area contributed by atoms with Crippen LogP contribution in [0, 0.1) is 50.2 Å². The number of hydrogen-bond acceptors (Lipinski definition) is 5. The van der Waals surface area contributed by atoms with Crippen LogP contribution in [0.15, 0.2) is 11.6 Å². The number of rotatable bonds is 5. The third-order valence-corrected chi connectivity index (χ3v) is 13.8. The summed E-state index contributed by atoms with van der Waals surface area (Å²) in [6, 6.07) is 0. The SMILES string of the molecule is CC1(C)CC[C@]2(C(=O)O)CC[C@]3(C)C(=CC[C@@H]4[C@@]5(C)C[C@@H](OC(=O)CCC(=O)O)[C@H](O)C(C)(C)[C@@H]5CC[C@]43C)[C@@H]2C1. The molecule has 0 spiro atoms. The van der Waals surface area contributed by atoms with E-state index in [2.05, 4.69) is 54.5 Å². The molecule has 5 aliphatic carbocycles. The molecular weight excluding hydrogens is 520 g/mol. The zero-order valence-corrected chi connectivity index (χ0v) is 26.2. The Labute approximate surface area is 245 Å². The summed E-state index contributed by atoms with van der Waals surface area (Å²) in [6.45, 7) is 16.0. The Morgan fingerprint density at radius 3 is 2.17 bits per heavy atom. The van der Waals surface area contributed by atoms with Crippen molar-refractivity contribution in [2.24, 2.45) is 50.2 Å². The lowest BCUT2D eigenvalue weighted by atomic mass is 9.33. The molecule has 0 saturated heterocycles. The van der Waals surface area contributed by atoms with Crippen LogP contribution in [0.2, 0.25) is 0 Å². The van der Waals surface area contributed by atoms with Crippen molar-refractivity contribution in [3.05, 3.63) is 11.6 Å². The first kappa shape index (κ1) is 30.6. The Morgan fingerprint density at radius 2 is 1.54 bits per heavy atom. The van der Waals surface area contributed by atoms with Gasteiger partial charge in [0.25, 0.3) is 0 Å². The van der Waals surface area contributed by atoms with E-state index in [1.165, 1.54) is 5.57 Å². The largest absolute Gasteiger partial charge is 0.481 e. The highest BCUT2D eigenvalue weighted by molar-refractivity contribution is 5.77. The van der Waals surface area contributed by atoms with E-state index >= 15 is 0 Å². The Bertz CT molecular complexity index is 1150. The number of aliphatic carboxylic acids is 2. The predicted molar refractivity (Wildman–Crippen MR) is 155 cm³/mol. The average molecular weight is 573 g/mol. The minimum atomic E-state index is -1.04. The normalized spacial score (nSPS) is 46.0. The number of esters is 1. The zero-order valence-electron chi connectivity index (χ0n) is 26.2. The first-order valence-corrected chi connectivity index (χ1v) is 15.9. The van der Waals surface area contributed by atoms with Crippen LogP contribution in [0.25, 0.3) is 0 Å². The van der Waals surface area contributed by atoms with Crippen molar-refractivity contribution in [2.75, 3.05) is 0 Å². The van der Waals surface area contributed by atoms with Gasteiger partial charge in [-0.1, -0.05) is 60.1 Å². The van der Waals surface area contributed by atoms with Gasteiger partial charge in [-0.15, -0.1) is 0 Å². The van der Waals surface area contributed by atoms with Gasteiger partial charge < -0.3 is 20.1 Å². The molecule has 0 radical (unpaired) electrons. The van der Waals surface area contributed by atoms with E-state index in [0.29, 0.717) is 18.8 Å². The summed E-state index contributed by atoms with van der Waals surface area (Å²) in [5, 5.41) is 31.1. The van der Waals surface area contributed by atoms with Gasteiger partial charge in [-0.3, -0.25) is 14.4 Å². The molecule has 0 heterocycles. The van der Waals surface area contributed by atoms with Crippen molar-refractivity contribution in [1.29, 1.82) is 0 Å². The number of ether oxygens (including phenoxy) is 1. The first-order chi connectivity index (χ1) is 18.8. The third kappa shape index (κ3) is 4.33. The number of aliphatic hydroxyl groups is 1. The van der Waals surface area contributed by atoms with Gasteiger partial charge in [0.15, 0.2) is 0 Å². The lowest BCUT2D eigenvalue weighted by Crippen LogP contribution is -2.67. The monoisotopic (exact) mass is 572 g/mol. The molecule has 0 aliphatic heterocycles. The van der Waals surface area contributed by atoms with Crippen LogP contribution in [0.1, 0.15) is 119 Å². The van der Waals surface area contributed by atoms with Crippen LogP contribution in [-0.4, -0.2) is 45.4 Å². The molecule has 5 rings (SSSR count). The van der Waals surface area contributed by atoms with Gasteiger partial charge in [-0.05, 0) is 103 Å². The number of aliphatic hydroxyl groups excluding tert-OH is 1. The Kier molecular flexibility index (Phi) is 7.12. The summed E-state index contributed by atoms with van der Waals surface area (Å²) >= 11 is 0. The maximum Gasteiger partial charge on any atom is 0.310 e. The minimum Gasteiger partial charge on any atom is -0.481 e. The summed E-state index contributed by atoms with van der Waals surface area (Å²) in [6.07, 6.45) is 8.05. The topological polar surface area (TPSA) is 121 Å². The van der Waals surface area contributed by atoms with E-state index in [1.807, 2.05) is 0 Å². The summed E-state index contributed by atoms with van der Waals surface area (Å²) in [4.78, 5) is 36.6. The molecule has 41 heavy (non-hydrogen) atoms. The van der Waals surface area contributed by atoms with Gasteiger partial charge in [-0.2, -0.15) is 0 Å². The second-order valence-corrected chi connectivity index (χ2v) is 16.6. The van der Waals surface area contributed by atoms with Gasteiger partial charge >= 0.3 is 17.9 Å². The molecule has 4 saturated carbocycles. The Morgan fingerprint density at radius 1 is 0.878 bits per heavy atom. The number of carboxylic acid groups (broad SMARTS) is 2. The molecule has 0 aromatic rings. The quantitative estimate of drug-likeness (QED) is 0.250. The smallest absolute Gasteiger partial charge is 0.310 e. The van der Waals surface area contributed by atoms with Gasteiger partial charge in [0.05, 0.1) is 24.4 Å². The third-order valence-electron chi connectivity index (χ3n) is 13.8. The van der Waals surface area contributed by atoms with E-state index in [1.54, 1.807) is 0 Å². The summed E-state index contributed by atoms with van der Waals surface area (Å²) < 4.78 is 5.85. The van der Waals surface area contributed by atoms with Crippen molar-refractivity contribution in [2.45, 2.75) is 131 Å². The highest BCUT2D eigenvalue weighted by Gasteiger charge is 2.70. The molecule has 3 N–H and O–H groups in total. The van der Waals surface area contributed by atoms with E-state index in [9.17, 15) is 24.6 Å². The lowest BCUT2D eigenvalue weighted by Gasteiger charge is -2.71. The summed E-state index contributed by atoms with van der Waals surface area (Å²) in [7, 11) is 0. The molecule has 0 bridgehead atoms. The van der Waals surface area contributed by atoms with Crippen LogP contribution in [0.4, 0.5) is 0 Å². The van der Waals surface area contributed by atoms with E-state index < -0.39 is 40.9 Å². The summed E-state index contributed by atoms with van der Waals surface area (Å²) in [5.74, 6) is -1.64. The number of carboxylic acids is 2. The molecular formula is C34H52O7.